The number of rotatable bonds is 4. The zero-order valence-electron chi connectivity index (χ0n) is 17.3. The molecule has 166 valence electrons. The van der Waals surface area contributed by atoms with Crippen LogP contribution >= 0.6 is 0 Å². The second kappa shape index (κ2) is 7.59. The molecule has 0 saturated heterocycles. The van der Waals surface area contributed by atoms with Crippen LogP contribution in [0.5, 0.6) is 23.0 Å². The average molecular weight is 445 g/mol. The standard InChI is InChI=1S/C25H19NO7/c27-13-3-1-12(2-4-13)7-8-26-25(32)21-17-10-18(29)16-9-14(28)5-6-15(16)20(17)23(31)22-19(30)11-33-24(21)22/h1-4,6,9-11,27,29-31H,5,7-8H2,(H,26,32). The maximum atomic E-state index is 13.2. The van der Waals surface area contributed by atoms with Gasteiger partial charge < -0.3 is 30.2 Å². The molecule has 0 radical (unpaired) electrons. The van der Waals surface area contributed by atoms with E-state index in [1.165, 1.54) is 12.1 Å². The van der Waals surface area contributed by atoms with E-state index < -0.39 is 5.91 Å². The summed E-state index contributed by atoms with van der Waals surface area (Å²) in [5.41, 5.74) is 0.938. The van der Waals surface area contributed by atoms with Crippen molar-refractivity contribution in [2.75, 3.05) is 6.54 Å². The van der Waals surface area contributed by atoms with Gasteiger partial charge in [-0.05, 0) is 41.5 Å². The van der Waals surface area contributed by atoms with Crippen molar-refractivity contribution in [3.8, 4) is 23.0 Å². The molecule has 8 heteroatoms. The summed E-state index contributed by atoms with van der Waals surface area (Å²) in [4.78, 5) is 25.1. The topological polar surface area (TPSA) is 140 Å². The van der Waals surface area contributed by atoms with Crippen molar-refractivity contribution in [2.24, 2.45) is 0 Å². The van der Waals surface area contributed by atoms with Gasteiger partial charge in [0, 0.05) is 29.0 Å². The van der Waals surface area contributed by atoms with Gasteiger partial charge in [0.25, 0.3) is 5.91 Å². The number of hydrogen-bond donors (Lipinski definition) is 5. The van der Waals surface area contributed by atoms with Gasteiger partial charge in [-0.15, -0.1) is 0 Å². The zero-order chi connectivity index (χ0) is 23.3. The van der Waals surface area contributed by atoms with Gasteiger partial charge in [0.2, 0.25) is 0 Å². The number of fused-ring (bicyclic) bond motifs is 4. The molecule has 0 aliphatic heterocycles. The minimum atomic E-state index is -0.520. The number of Topliss-reactive ketones (excluding diaryl/α,β-unsaturated/α-hetero) is 1. The number of aromatic hydroxyl groups is 4. The Labute approximate surface area is 186 Å². The lowest BCUT2D eigenvalue weighted by Gasteiger charge is -2.14. The zero-order valence-corrected chi connectivity index (χ0v) is 17.3. The van der Waals surface area contributed by atoms with Crippen molar-refractivity contribution in [2.45, 2.75) is 12.8 Å². The number of amides is 1. The summed E-state index contributed by atoms with van der Waals surface area (Å²) >= 11 is 0. The number of nitrogens with one attached hydrogen (secondary N) is 1. The van der Waals surface area contributed by atoms with Crippen molar-refractivity contribution in [3.05, 3.63) is 58.2 Å². The van der Waals surface area contributed by atoms with Crippen molar-refractivity contribution in [1.82, 2.24) is 5.32 Å². The SMILES string of the molecule is O=C1C=c2c(O)cc3c(C(=O)NCCc4ccc(O)cc4)c4occ(O)c4c(O)c3c2=CC1. The molecule has 4 aromatic rings. The third kappa shape index (κ3) is 3.32. The van der Waals surface area contributed by atoms with E-state index in [-0.39, 0.29) is 74.3 Å². The fourth-order valence-electron chi connectivity index (χ4n) is 4.25. The highest BCUT2D eigenvalue weighted by molar-refractivity contribution is 6.21. The predicted molar refractivity (Wildman–Crippen MR) is 121 cm³/mol. The van der Waals surface area contributed by atoms with Gasteiger partial charge in [-0.1, -0.05) is 18.2 Å². The Bertz CT molecular complexity index is 1580. The molecule has 3 aromatic carbocycles. The van der Waals surface area contributed by atoms with Crippen LogP contribution in [-0.4, -0.2) is 38.7 Å². The molecular formula is C25H19NO7. The molecule has 0 fully saturated rings. The molecule has 1 amide bonds. The summed E-state index contributed by atoms with van der Waals surface area (Å²) in [6, 6.07) is 7.93. The molecule has 1 aromatic heterocycles. The maximum Gasteiger partial charge on any atom is 0.255 e. The van der Waals surface area contributed by atoms with E-state index in [1.54, 1.807) is 30.3 Å². The highest BCUT2D eigenvalue weighted by Crippen LogP contribution is 2.42. The number of phenolic OH excluding ortho intramolecular Hbond substituents is 3. The largest absolute Gasteiger partial charge is 0.508 e. The molecule has 8 nitrogen and oxygen atoms in total. The Hall–Kier alpha value is -4.46. The minimum Gasteiger partial charge on any atom is -0.508 e. The molecule has 1 heterocycles. The number of hydrogen-bond acceptors (Lipinski definition) is 7. The molecule has 0 unspecified atom stereocenters. The van der Waals surface area contributed by atoms with Crippen molar-refractivity contribution in [1.29, 1.82) is 0 Å². The summed E-state index contributed by atoms with van der Waals surface area (Å²) in [6.07, 6.45) is 4.48. The maximum absolute atomic E-state index is 13.2. The molecule has 0 atom stereocenters. The highest BCUT2D eigenvalue weighted by Gasteiger charge is 2.26. The van der Waals surface area contributed by atoms with Crippen LogP contribution in [0.3, 0.4) is 0 Å². The Morgan fingerprint density at radius 2 is 1.76 bits per heavy atom. The number of phenols is 3. The Morgan fingerprint density at radius 3 is 2.52 bits per heavy atom. The quantitative estimate of drug-likeness (QED) is 0.323. The number of carbonyl (C=O) groups is 2. The number of furan rings is 1. The first-order valence-corrected chi connectivity index (χ1v) is 10.3. The van der Waals surface area contributed by atoms with Crippen LogP contribution in [0.25, 0.3) is 33.9 Å². The van der Waals surface area contributed by atoms with Crippen molar-refractivity contribution >= 4 is 45.6 Å². The van der Waals surface area contributed by atoms with E-state index in [9.17, 15) is 30.0 Å². The molecule has 0 bridgehead atoms. The minimum absolute atomic E-state index is 0.0187. The van der Waals surface area contributed by atoms with Crippen LogP contribution in [-0.2, 0) is 11.2 Å². The predicted octanol–water partition coefficient (Wildman–Crippen LogP) is 1.91. The fraction of sp³-hybridized carbons (Fsp3) is 0.120. The number of carbonyl (C=O) groups excluding carboxylic acids is 2. The van der Waals surface area contributed by atoms with Crippen molar-refractivity contribution < 1.29 is 34.4 Å². The van der Waals surface area contributed by atoms with Gasteiger partial charge in [0.15, 0.2) is 17.1 Å². The van der Waals surface area contributed by atoms with E-state index in [2.05, 4.69) is 5.32 Å². The second-order valence-corrected chi connectivity index (χ2v) is 7.89. The van der Waals surface area contributed by atoms with Gasteiger partial charge >= 0.3 is 0 Å². The van der Waals surface area contributed by atoms with Crippen molar-refractivity contribution in [3.63, 3.8) is 0 Å². The van der Waals surface area contributed by atoms with Gasteiger partial charge in [0.05, 0.1) is 5.56 Å². The summed E-state index contributed by atoms with van der Waals surface area (Å²) in [7, 11) is 0. The fourth-order valence-corrected chi connectivity index (χ4v) is 4.25. The Morgan fingerprint density at radius 1 is 1.00 bits per heavy atom. The first-order valence-electron chi connectivity index (χ1n) is 10.3. The number of ketones is 1. The lowest BCUT2D eigenvalue weighted by Crippen LogP contribution is -2.31. The van der Waals surface area contributed by atoms with Gasteiger partial charge in [-0.2, -0.15) is 0 Å². The highest BCUT2D eigenvalue weighted by atomic mass is 16.4. The molecular weight excluding hydrogens is 426 g/mol. The van der Waals surface area contributed by atoms with E-state index in [0.717, 1.165) is 11.8 Å². The smallest absolute Gasteiger partial charge is 0.255 e. The first kappa shape index (κ1) is 20.4. The third-order valence-corrected chi connectivity index (χ3v) is 5.80. The van der Waals surface area contributed by atoms with Gasteiger partial charge in [-0.25, -0.2) is 0 Å². The molecule has 5 N–H and O–H groups in total. The first-order chi connectivity index (χ1) is 15.8. The summed E-state index contributed by atoms with van der Waals surface area (Å²) in [5.74, 6) is -1.42. The normalized spacial score (nSPS) is 12.9. The molecule has 0 saturated carbocycles. The van der Waals surface area contributed by atoms with Crippen LogP contribution in [0.1, 0.15) is 22.3 Å². The van der Waals surface area contributed by atoms with E-state index >= 15 is 0 Å². The molecule has 0 spiro atoms. The van der Waals surface area contributed by atoms with E-state index in [0.29, 0.717) is 11.6 Å². The Kier molecular flexibility index (Phi) is 4.70. The van der Waals surface area contributed by atoms with E-state index in [1.807, 2.05) is 0 Å². The monoisotopic (exact) mass is 445 g/mol. The average Bonchev–Trinajstić information content (AvgIpc) is 3.17. The van der Waals surface area contributed by atoms with Crippen LogP contribution in [0.4, 0.5) is 0 Å². The third-order valence-electron chi connectivity index (χ3n) is 5.80. The van der Waals surface area contributed by atoms with Crippen LogP contribution in [0.2, 0.25) is 0 Å². The summed E-state index contributed by atoms with van der Waals surface area (Å²) < 4.78 is 5.42. The molecule has 33 heavy (non-hydrogen) atoms. The molecule has 1 aliphatic rings. The lowest BCUT2D eigenvalue weighted by atomic mass is 9.94. The summed E-state index contributed by atoms with van der Waals surface area (Å²) in [5, 5.41) is 45.1. The summed E-state index contributed by atoms with van der Waals surface area (Å²) in [6.45, 7) is 0.269. The molecule has 5 rings (SSSR count). The second-order valence-electron chi connectivity index (χ2n) is 7.89. The van der Waals surface area contributed by atoms with Gasteiger partial charge in [-0.3, -0.25) is 9.59 Å². The lowest BCUT2D eigenvalue weighted by molar-refractivity contribution is -0.112. The molecule has 1 aliphatic carbocycles. The van der Waals surface area contributed by atoms with Crippen LogP contribution in [0.15, 0.2) is 41.0 Å². The van der Waals surface area contributed by atoms with Crippen LogP contribution in [0, 0.1) is 0 Å². The Balaban J connectivity index is 1.66. The van der Waals surface area contributed by atoms with E-state index in [4.69, 9.17) is 4.42 Å². The van der Waals surface area contributed by atoms with Crippen LogP contribution < -0.4 is 15.8 Å². The van der Waals surface area contributed by atoms with Gasteiger partial charge in [0.1, 0.15) is 28.9 Å². The number of benzene rings is 3.